The molecule has 1 saturated carbocycles. The lowest BCUT2D eigenvalue weighted by Gasteiger charge is -2.24. The molecule has 0 amide bonds. The minimum atomic E-state index is 0.816. The van der Waals surface area contributed by atoms with Crippen LogP contribution in [-0.2, 0) is 6.54 Å². The number of nitrogens with one attached hydrogen (secondary N) is 1. The lowest BCUT2D eigenvalue weighted by molar-refractivity contribution is 0.222. The number of rotatable bonds is 7. The van der Waals surface area contributed by atoms with E-state index in [-0.39, 0.29) is 0 Å². The Morgan fingerprint density at radius 3 is 3.06 bits per heavy atom. The second kappa shape index (κ2) is 6.60. The highest BCUT2D eigenvalue weighted by molar-refractivity contribution is 5.22. The number of ether oxygens (including phenoxy) is 1. The Morgan fingerprint density at radius 1 is 1.47 bits per heavy atom. The Balaban J connectivity index is 1.74. The Bertz CT molecular complexity index is 337. The number of hydrogen-bond acceptors (Lipinski definition) is 3. The Kier molecular flexibility index (Phi) is 4.80. The van der Waals surface area contributed by atoms with Crippen molar-refractivity contribution in [1.82, 2.24) is 10.3 Å². The van der Waals surface area contributed by atoms with Gasteiger partial charge in [-0.25, -0.2) is 0 Å². The van der Waals surface area contributed by atoms with Crippen molar-refractivity contribution in [3.63, 3.8) is 0 Å². The highest BCUT2D eigenvalue weighted by Crippen LogP contribution is 2.29. The molecule has 1 heterocycles. The standard InChI is InChI=1S/C14H22N2O/c1-2-15-11-13-10-14(6-8-16-13)17-9-7-12-4-3-5-12/h6,8,10,12,15H,2-5,7,9,11H2,1H3. The Labute approximate surface area is 104 Å². The summed E-state index contributed by atoms with van der Waals surface area (Å²) in [5.41, 5.74) is 1.05. The molecule has 0 spiro atoms. The van der Waals surface area contributed by atoms with E-state index >= 15 is 0 Å². The van der Waals surface area contributed by atoms with Gasteiger partial charge in [0.2, 0.25) is 0 Å². The van der Waals surface area contributed by atoms with Gasteiger partial charge in [-0.1, -0.05) is 26.2 Å². The smallest absolute Gasteiger partial charge is 0.122 e. The normalized spacial score (nSPS) is 15.6. The van der Waals surface area contributed by atoms with Crippen molar-refractivity contribution in [3.8, 4) is 5.75 Å². The third-order valence-electron chi connectivity index (χ3n) is 3.36. The van der Waals surface area contributed by atoms with Crippen LogP contribution in [0.25, 0.3) is 0 Å². The van der Waals surface area contributed by atoms with Gasteiger partial charge < -0.3 is 10.1 Å². The zero-order valence-corrected chi connectivity index (χ0v) is 10.6. The zero-order valence-electron chi connectivity index (χ0n) is 10.6. The fourth-order valence-corrected chi connectivity index (χ4v) is 2.02. The molecule has 0 aromatic carbocycles. The van der Waals surface area contributed by atoms with E-state index < -0.39 is 0 Å². The molecule has 0 atom stereocenters. The van der Waals surface area contributed by atoms with E-state index in [1.807, 2.05) is 18.3 Å². The lowest BCUT2D eigenvalue weighted by Crippen LogP contribution is -2.15. The van der Waals surface area contributed by atoms with E-state index in [1.165, 1.54) is 25.7 Å². The van der Waals surface area contributed by atoms with Gasteiger partial charge in [-0.05, 0) is 24.9 Å². The molecule has 1 aliphatic carbocycles. The molecule has 1 aromatic heterocycles. The summed E-state index contributed by atoms with van der Waals surface area (Å²) in [6, 6.07) is 3.97. The molecule has 0 unspecified atom stereocenters. The van der Waals surface area contributed by atoms with Gasteiger partial charge in [-0.3, -0.25) is 4.98 Å². The van der Waals surface area contributed by atoms with Crippen molar-refractivity contribution in [2.45, 2.75) is 39.2 Å². The van der Waals surface area contributed by atoms with Gasteiger partial charge in [0.15, 0.2) is 0 Å². The van der Waals surface area contributed by atoms with Crippen LogP contribution in [0.4, 0.5) is 0 Å². The van der Waals surface area contributed by atoms with Crippen LogP contribution in [0.5, 0.6) is 5.75 Å². The van der Waals surface area contributed by atoms with E-state index in [2.05, 4.69) is 17.2 Å². The quantitative estimate of drug-likeness (QED) is 0.787. The molecule has 2 rings (SSSR count). The van der Waals surface area contributed by atoms with Gasteiger partial charge in [0.05, 0.1) is 12.3 Å². The maximum absolute atomic E-state index is 5.77. The van der Waals surface area contributed by atoms with Crippen molar-refractivity contribution < 1.29 is 4.74 Å². The molecular formula is C14H22N2O. The summed E-state index contributed by atoms with van der Waals surface area (Å²) < 4.78 is 5.77. The van der Waals surface area contributed by atoms with E-state index in [0.717, 1.165) is 37.1 Å². The van der Waals surface area contributed by atoms with Gasteiger partial charge in [-0.2, -0.15) is 0 Å². The van der Waals surface area contributed by atoms with Gasteiger partial charge in [0.25, 0.3) is 0 Å². The van der Waals surface area contributed by atoms with Crippen LogP contribution in [0, 0.1) is 5.92 Å². The molecular weight excluding hydrogens is 212 g/mol. The average Bonchev–Trinajstić information content (AvgIpc) is 2.30. The monoisotopic (exact) mass is 234 g/mol. The van der Waals surface area contributed by atoms with Crippen LogP contribution in [0.15, 0.2) is 18.3 Å². The lowest BCUT2D eigenvalue weighted by atomic mass is 9.83. The summed E-state index contributed by atoms with van der Waals surface area (Å²) in [6.45, 7) is 4.72. The van der Waals surface area contributed by atoms with Crippen LogP contribution in [-0.4, -0.2) is 18.1 Å². The molecule has 0 radical (unpaired) electrons. The highest BCUT2D eigenvalue weighted by atomic mass is 16.5. The molecule has 0 saturated heterocycles. The largest absolute Gasteiger partial charge is 0.493 e. The molecule has 3 nitrogen and oxygen atoms in total. The van der Waals surface area contributed by atoms with Gasteiger partial charge in [0.1, 0.15) is 5.75 Å². The van der Waals surface area contributed by atoms with Crippen molar-refractivity contribution in [2.75, 3.05) is 13.2 Å². The second-order valence-electron chi connectivity index (χ2n) is 4.70. The van der Waals surface area contributed by atoms with E-state index in [4.69, 9.17) is 4.74 Å². The number of pyridine rings is 1. The predicted molar refractivity (Wildman–Crippen MR) is 69.1 cm³/mol. The maximum Gasteiger partial charge on any atom is 0.122 e. The van der Waals surface area contributed by atoms with Crippen LogP contribution >= 0.6 is 0 Å². The average molecular weight is 234 g/mol. The maximum atomic E-state index is 5.77. The minimum absolute atomic E-state index is 0.816. The van der Waals surface area contributed by atoms with E-state index in [1.54, 1.807) is 0 Å². The molecule has 0 aliphatic heterocycles. The highest BCUT2D eigenvalue weighted by Gasteiger charge is 2.16. The second-order valence-corrected chi connectivity index (χ2v) is 4.70. The fraction of sp³-hybridized carbons (Fsp3) is 0.643. The van der Waals surface area contributed by atoms with Crippen molar-refractivity contribution in [3.05, 3.63) is 24.0 Å². The first-order valence-electron chi connectivity index (χ1n) is 6.67. The SMILES string of the molecule is CCNCc1cc(OCCC2CCC2)ccn1. The fourth-order valence-electron chi connectivity index (χ4n) is 2.02. The Morgan fingerprint density at radius 2 is 2.35 bits per heavy atom. The van der Waals surface area contributed by atoms with E-state index in [9.17, 15) is 0 Å². The minimum Gasteiger partial charge on any atom is -0.493 e. The molecule has 1 fully saturated rings. The first kappa shape index (κ1) is 12.4. The predicted octanol–water partition coefficient (Wildman–Crippen LogP) is 2.76. The van der Waals surface area contributed by atoms with Crippen LogP contribution < -0.4 is 10.1 Å². The molecule has 94 valence electrons. The van der Waals surface area contributed by atoms with Crippen molar-refractivity contribution in [2.24, 2.45) is 5.92 Å². The molecule has 17 heavy (non-hydrogen) atoms. The summed E-state index contributed by atoms with van der Waals surface area (Å²) in [4.78, 5) is 4.30. The molecule has 1 N–H and O–H groups in total. The third kappa shape index (κ3) is 4.00. The van der Waals surface area contributed by atoms with Crippen LogP contribution in [0.3, 0.4) is 0 Å². The van der Waals surface area contributed by atoms with Gasteiger partial charge in [-0.15, -0.1) is 0 Å². The number of hydrogen-bond donors (Lipinski definition) is 1. The van der Waals surface area contributed by atoms with Gasteiger partial charge >= 0.3 is 0 Å². The van der Waals surface area contributed by atoms with Crippen LogP contribution in [0.1, 0.15) is 38.3 Å². The first-order valence-corrected chi connectivity index (χ1v) is 6.67. The summed E-state index contributed by atoms with van der Waals surface area (Å²) in [5.74, 6) is 1.87. The summed E-state index contributed by atoms with van der Waals surface area (Å²) >= 11 is 0. The summed E-state index contributed by atoms with van der Waals surface area (Å²) in [7, 11) is 0. The summed E-state index contributed by atoms with van der Waals surface area (Å²) in [6.07, 6.45) is 7.22. The number of aromatic nitrogens is 1. The first-order chi connectivity index (χ1) is 8.38. The zero-order chi connectivity index (χ0) is 11.9. The van der Waals surface area contributed by atoms with Gasteiger partial charge in [0, 0.05) is 18.8 Å². The van der Waals surface area contributed by atoms with Crippen molar-refractivity contribution >= 4 is 0 Å². The summed E-state index contributed by atoms with van der Waals surface area (Å²) in [5, 5.41) is 3.27. The molecule has 1 aromatic rings. The molecule has 3 heteroatoms. The topological polar surface area (TPSA) is 34.1 Å². The van der Waals surface area contributed by atoms with Crippen LogP contribution in [0.2, 0.25) is 0 Å². The van der Waals surface area contributed by atoms with E-state index in [0.29, 0.717) is 0 Å². The molecule has 1 aliphatic rings. The third-order valence-corrected chi connectivity index (χ3v) is 3.36. The number of nitrogens with zero attached hydrogens (tertiary/aromatic N) is 1. The van der Waals surface area contributed by atoms with Crippen molar-refractivity contribution in [1.29, 1.82) is 0 Å². The molecule has 0 bridgehead atoms. The Hall–Kier alpha value is -1.09.